The minimum Gasteiger partial charge on any atom is -0.457 e. The number of nitrogens with one attached hydrogen (secondary N) is 1. The van der Waals surface area contributed by atoms with Gasteiger partial charge in [-0.2, -0.15) is 5.10 Å². The van der Waals surface area contributed by atoms with E-state index < -0.39 is 5.41 Å². The van der Waals surface area contributed by atoms with E-state index in [4.69, 9.17) is 4.74 Å². The number of aryl methyl sites for hydroxylation is 1. The number of carbonyl (C=O) groups is 2. The summed E-state index contributed by atoms with van der Waals surface area (Å²) in [5.41, 5.74) is 3.77. The van der Waals surface area contributed by atoms with Gasteiger partial charge in [0.25, 0.3) is 0 Å². The van der Waals surface area contributed by atoms with Gasteiger partial charge in [-0.25, -0.2) is 4.39 Å². The number of aromatic nitrogens is 3. The highest BCUT2D eigenvalue weighted by Gasteiger charge is 2.59. The molecule has 1 saturated carbocycles. The van der Waals surface area contributed by atoms with Crippen molar-refractivity contribution in [1.29, 1.82) is 0 Å². The molecule has 1 aliphatic carbocycles. The van der Waals surface area contributed by atoms with E-state index in [2.05, 4.69) is 15.4 Å². The summed E-state index contributed by atoms with van der Waals surface area (Å²) in [6.07, 6.45) is 7.01. The second-order valence-electron chi connectivity index (χ2n) is 11.1. The highest BCUT2D eigenvalue weighted by Crippen LogP contribution is 2.50. The monoisotopic (exact) mass is 561 g/mol. The van der Waals surface area contributed by atoms with Gasteiger partial charge >= 0.3 is 0 Å². The van der Waals surface area contributed by atoms with Crippen LogP contribution in [0.2, 0.25) is 0 Å². The number of amides is 2. The van der Waals surface area contributed by atoms with Crippen molar-refractivity contribution in [2.75, 3.05) is 10.2 Å². The van der Waals surface area contributed by atoms with Crippen LogP contribution in [-0.4, -0.2) is 32.6 Å². The van der Waals surface area contributed by atoms with Gasteiger partial charge < -0.3 is 15.0 Å². The molecule has 0 spiro atoms. The predicted octanol–water partition coefficient (Wildman–Crippen LogP) is 6.26. The lowest BCUT2D eigenvalue weighted by atomic mass is 10.0. The number of hydrogen-bond acceptors (Lipinski definition) is 5. The Bertz CT molecular complexity index is 1860. The fourth-order valence-corrected chi connectivity index (χ4v) is 5.75. The first kappa shape index (κ1) is 25.9. The molecular formula is C33H28FN5O3. The molecule has 2 aliphatic rings. The minimum atomic E-state index is -1.11. The summed E-state index contributed by atoms with van der Waals surface area (Å²) in [6.45, 7) is 1.92. The summed E-state index contributed by atoms with van der Waals surface area (Å²) in [5.74, 6) is 0.386. The van der Waals surface area contributed by atoms with Crippen molar-refractivity contribution in [1.82, 2.24) is 14.8 Å². The summed E-state index contributed by atoms with van der Waals surface area (Å²) in [5, 5.41) is 8.04. The van der Waals surface area contributed by atoms with Crippen molar-refractivity contribution in [2.24, 2.45) is 12.5 Å². The average Bonchev–Trinajstić information content (AvgIpc) is 3.59. The number of anilines is 2. The third kappa shape index (κ3) is 4.47. The van der Waals surface area contributed by atoms with Crippen molar-refractivity contribution in [3.63, 3.8) is 0 Å². The van der Waals surface area contributed by atoms with Gasteiger partial charge in [0.05, 0.1) is 11.7 Å². The third-order valence-electron chi connectivity index (χ3n) is 8.15. The Labute approximate surface area is 241 Å². The van der Waals surface area contributed by atoms with Crippen LogP contribution in [0.3, 0.4) is 0 Å². The molecule has 2 amide bonds. The van der Waals surface area contributed by atoms with E-state index in [9.17, 15) is 14.0 Å². The van der Waals surface area contributed by atoms with E-state index >= 15 is 0 Å². The van der Waals surface area contributed by atoms with Crippen LogP contribution < -0.4 is 15.0 Å². The highest BCUT2D eigenvalue weighted by molar-refractivity contribution is 6.18. The second kappa shape index (κ2) is 9.80. The molecule has 7 rings (SSSR count). The second-order valence-corrected chi connectivity index (χ2v) is 11.1. The average molecular weight is 562 g/mol. The van der Waals surface area contributed by atoms with Crippen molar-refractivity contribution < 1.29 is 18.7 Å². The van der Waals surface area contributed by atoms with Crippen LogP contribution in [-0.2, 0) is 23.1 Å². The molecule has 210 valence electrons. The van der Waals surface area contributed by atoms with Crippen LogP contribution in [0, 0.1) is 11.2 Å². The zero-order chi connectivity index (χ0) is 29.0. The number of pyridine rings is 1. The molecule has 0 bridgehead atoms. The van der Waals surface area contributed by atoms with Crippen molar-refractivity contribution in [2.45, 2.75) is 32.2 Å². The smallest absolute Gasteiger partial charge is 0.242 e. The van der Waals surface area contributed by atoms with Gasteiger partial charge in [-0.3, -0.25) is 19.3 Å². The van der Waals surface area contributed by atoms with Gasteiger partial charge in [-0.15, -0.1) is 0 Å². The lowest BCUT2D eigenvalue weighted by Gasteiger charge is -2.27. The molecule has 42 heavy (non-hydrogen) atoms. The third-order valence-corrected chi connectivity index (χ3v) is 8.15. The molecule has 5 aromatic rings. The first-order valence-corrected chi connectivity index (χ1v) is 13.9. The Hall–Kier alpha value is -5.05. The minimum absolute atomic E-state index is 0.137. The Balaban J connectivity index is 1.05. The van der Waals surface area contributed by atoms with E-state index in [1.165, 1.54) is 12.1 Å². The van der Waals surface area contributed by atoms with Crippen molar-refractivity contribution >= 4 is 34.1 Å². The summed E-state index contributed by atoms with van der Waals surface area (Å²) in [4.78, 5) is 33.2. The molecule has 8 nitrogen and oxygen atoms in total. The van der Waals surface area contributed by atoms with E-state index in [-0.39, 0.29) is 23.7 Å². The number of rotatable bonds is 6. The highest BCUT2D eigenvalue weighted by atomic mass is 19.1. The number of carbonyl (C=O) groups excluding carboxylic acids is 2. The lowest BCUT2D eigenvalue weighted by Crippen LogP contribution is -2.45. The SMILES string of the molecule is CC1Cc2cc(F)ccc2N1C(=O)C1(C(=O)Nc2ccc(Oc3ccnc4cc(-c5cnn(C)c5)ccc34)cc2)CC1. The number of fused-ring (bicyclic) bond motifs is 2. The largest absolute Gasteiger partial charge is 0.457 e. The fraction of sp³-hybridized carbons (Fsp3) is 0.212. The standard InChI is InChI=1S/C33H28FN5O3/c1-20-15-22-16-24(34)4-10-29(22)39(20)32(41)33(12-13-33)31(40)37-25-5-7-26(8-6-25)42-30-11-14-35-28-17-21(3-9-27(28)30)23-18-36-38(2)19-23/h3-11,14,16-20H,12-13,15H2,1-2H3,(H,37,40). The number of ether oxygens (including phenoxy) is 1. The topological polar surface area (TPSA) is 89.3 Å². The van der Waals surface area contributed by atoms with Crippen LogP contribution in [0.25, 0.3) is 22.0 Å². The van der Waals surface area contributed by atoms with Crippen LogP contribution in [0.15, 0.2) is 85.3 Å². The molecule has 9 heteroatoms. The maximum absolute atomic E-state index is 13.7. The zero-order valence-corrected chi connectivity index (χ0v) is 23.2. The molecule has 1 N–H and O–H groups in total. The van der Waals surface area contributed by atoms with Gasteiger partial charge in [0.1, 0.15) is 22.7 Å². The Kier molecular flexibility index (Phi) is 6.04. The Morgan fingerprint density at radius 3 is 2.57 bits per heavy atom. The summed E-state index contributed by atoms with van der Waals surface area (Å²) in [6, 6.07) is 19.2. The molecule has 3 heterocycles. The Morgan fingerprint density at radius 2 is 1.83 bits per heavy atom. The maximum atomic E-state index is 13.7. The van der Waals surface area contributed by atoms with Gasteiger partial charge in [0.2, 0.25) is 11.8 Å². The van der Waals surface area contributed by atoms with Crippen LogP contribution in [0.5, 0.6) is 11.5 Å². The molecule has 0 radical (unpaired) electrons. The van der Waals surface area contributed by atoms with Crippen LogP contribution in [0.1, 0.15) is 25.3 Å². The number of nitrogens with zero attached hydrogens (tertiary/aromatic N) is 4. The first-order valence-electron chi connectivity index (χ1n) is 13.9. The van der Waals surface area contributed by atoms with E-state index in [1.807, 2.05) is 50.6 Å². The number of benzene rings is 3. The molecule has 2 aromatic heterocycles. The van der Waals surface area contributed by atoms with Crippen molar-refractivity contribution in [3.05, 3.63) is 96.7 Å². The maximum Gasteiger partial charge on any atom is 0.242 e. The summed E-state index contributed by atoms with van der Waals surface area (Å²) in [7, 11) is 1.88. The summed E-state index contributed by atoms with van der Waals surface area (Å²) < 4.78 is 21.7. The first-order chi connectivity index (χ1) is 20.3. The molecule has 1 unspecified atom stereocenters. The molecule has 1 atom stereocenters. The molecule has 1 fully saturated rings. The molecule has 1 aliphatic heterocycles. The molecular weight excluding hydrogens is 533 g/mol. The normalized spacial score (nSPS) is 16.7. The number of hydrogen-bond donors (Lipinski definition) is 1. The van der Waals surface area contributed by atoms with E-state index in [0.29, 0.717) is 42.1 Å². The van der Waals surface area contributed by atoms with Gasteiger partial charge in [-0.1, -0.05) is 6.07 Å². The predicted molar refractivity (Wildman–Crippen MR) is 158 cm³/mol. The van der Waals surface area contributed by atoms with E-state index in [1.54, 1.807) is 46.1 Å². The zero-order valence-electron chi connectivity index (χ0n) is 23.2. The molecule has 0 saturated heterocycles. The quantitative estimate of drug-likeness (QED) is 0.247. The van der Waals surface area contributed by atoms with Gasteiger partial charge in [0.15, 0.2) is 0 Å². The van der Waals surface area contributed by atoms with Crippen LogP contribution >= 0.6 is 0 Å². The van der Waals surface area contributed by atoms with Crippen molar-refractivity contribution in [3.8, 4) is 22.6 Å². The van der Waals surface area contributed by atoms with E-state index in [0.717, 1.165) is 27.6 Å². The lowest BCUT2D eigenvalue weighted by molar-refractivity contribution is -0.132. The van der Waals surface area contributed by atoms with Gasteiger partial charge in [0, 0.05) is 47.8 Å². The molecule has 3 aromatic carbocycles. The summed E-state index contributed by atoms with van der Waals surface area (Å²) >= 11 is 0. The number of halogens is 1. The van der Waals surface area contributed by atoms with Crippen LogP contribution in [0.4, 0.5) is 15.8 Å². The Morgan fingerprint density at radius 1 is 1.02 bits per heavy atom. The fourth-order valence-electron chi connectivity index (χ4n) is 5.75. The van der Waals surface area contributed by atoms with Gasteiger partial charge in [-0.05, 0) is 98.0 Å².